The van der Waals surface area contributed by atoms with Crippen LogP contribution in [-0.2, 0) is 10.0 Å². The number of para-hydroxylation sites is 1. The summed E-state index contributed by atoms with van der Waals surface area (Å²) in [5.74, 6) is 1.01. The van der Waals surface area contributed by atoms with E-state index in [-0.39, 0.29) is 11.8 Å². The highest BCUT2D eigenvalue weighted by Gasteiger charge is 2.32. The van der Waals surface area contributed by atoms with Crippen molar-refractivity contribution in [3.8, 4) is 40.7 Å². The highest BCUT2D eigenvalue weighted by molar-refractivity contribution is 7.93. The highest BCUT2D eigenvalue weighted by atomic mass is 32.2. The first kappa shape index (κ1) is 27.4. The van der Waals surface area contributed by atoms with Crippen LogP contribution in [0.3, 0.4) is 0 Å². The molecular weight excluding hydrogens is 524 g/mol. The van der Waals surface area contributed by atoms with Crippen LogP contribution < -0.4 is 18.9 Å². The summed E-state index contributed by atoms with van der Waals surface area (Å²) in [4.78, 5) is 4.42. The number of aromatic nitrogens is 4. The third-order valence-electron chi connectivity index (χ3n) is 6.00. The zero-order valence-electron chi connectivity index (χ0n) is 21.6. The molecule has 0 radical (unpaired) electrons. The number of benzene rings is 2. The Morgan fingerprint density at radius 3 is 2.18 bits per heavy atom. The van der Waals surface area contributed by atoms with Crippen LogP contribution in [0.4, 0.5) is 5.95 Å². The number of sulfonamides is 1. The lowest BCUT2D eigenvalue weighted by Gasteiger charge is -2.21. The van der Waals surface area contributed by atoms with E-state index in [4.69, 9.17) is 19.5 Å². The number of aliphatic hydroxyl groups is 1. The number of pyridine rings is 1. The van der Waals surface area contributed by atoms with Gasteiger partial charge in [-0.2, -0.15) is 5.26 Å². The van der Waals surface area contributed by atoms with Crippen LogP contribution in [-0.4, -0.2) is 59.9 Å². The third-order valence-corrected chi connectivity index (χ3v) is 7.70. The Kier molecular flexibility index (Phi) is 7.99. The molecule has 2 aromatic carbocycles. The molecular formula is C26H26N6O6S. The van der Waals surface area contributed by atoms with Crippen molar-refractivity contribution in [2.45, 2.75) is 18.3 Å². The normalized spacial score (nSPS) is 12.7. The van der Waals surface area contributed by atoms with Gasteiger partial charge in [-0.1, -0.05) is 24.3 Å². The van der Waals surface area contributed by atoms with Gasteiger partial charge in [0.25, 0.3) is 0 Å². The first-order valence-corrected chi connectivity index (χ1v) is 13.2. The Hall–Kier alpha value is -4.67. The van der Waals surface area contributed by atoms with Gasteiger partial charge in [-0.15, -0.1) is 10.2 Å². The predicted molar refractivity (Wildman–Crippen MR) is 142 cm³/mol. The zero-order valence-corrected chi connectivity index (χ0v) is 22.4. The van der Waals surface area contributed by atoms with Gasteiger partial charge in [0, 0.05) is 6.07 Å². The monoisotopic (exact) mass is 550 g/mol. The van der Waals surface area contributed by atoms with Crippen molar-refractivity contribution in [1.82, 2.24) is 19.7 Å². The van der Waals surface area contributed by atoms with Gasteiger partial charge in [-0.05, 0) is 42.8 Å². The lowest BCUT2D eigenvalue weighted by atomic mass is 10.1. The van der Waals surface area contributed by atoms with Gasteiger partial charge in [0.1, 0.15) is 28.1 Å². The molecule has 0 aliphatic carbocycles. The Morgan fingerprint density at radius 2 is 1.59 bits per heavy atom. The summed E-state index contributed by atoms with van der Waals surface area (Å²) in [6.45, 7) is 1.36. The van der Waals surface area contributed by atoms with Gasteiger partial charge in [0.05, 0.1) is 39.1 Å². The molecule has 2 heterocycles. The number of hydrogen-bond donors (Lipinski definition) is 2. The molecule has 2 aromatic heterocycles. The molecule has 4 aromatic rings. The van der Waals surface area contributed by atoms with Crippen LogP contribution in [0.1, 0.15) is 24.2 Å². The number of aliphatic hydroxyl groups excluding tert-OH is 1. The van der Waals surface area contributed by atoms with E-state index in [0.29, 0.717) is 39.9 Å². The number of methoxy groups -OCH3 is 3. The molecule has 12 nitrogen and oxygen atoms in total. The van der Waals surface area contributed by atoms with E-state index in [1.165, 1.54) is 57.1 Å². The SMILES string of the molecule is COc1cccc(-c2nnc(NS(=O)(=O)[C@H](C)[C@H](O)c3ccc(C#N)cc3)n2-c2c(OC)cccc2OC)n1. The molecule has 0 unspecified atom stereocenters. The maximum atomic E-state index is 13.5. The molecule has 13 heteroatoms. The van der Waals surface area contributed by atoms with Crippen molar-refractivity contribution in [1.29, 1.82) is 5.26 Å². The number of nitrogens with one attached hydrogen (secondary N) is 1. The molecule has 0 amide bonds. The number of anilines is 1. The smallest absolute Gasteiger partial charge is 0.243 e. The molecule has 2 N–H and O–H groups in total. The molecule has 39 heavy (non-hydrogen) atoms. The maximum Gasteiger partial charge on any atom is 0.243 e. The van der Waals surface area contributed by atoms with Crippen molar-refractivity contribution in [2.75, 3.05) is 26.1 Å². The van der Waals surface area contributed by atoms with Crippen molar-refractivity contribution in [3.05, 3.63) is 71.8 Å². The Balaban J connectivity index is 1.82. The standard InChI is InChI=1S/C26H26N6O6S/c1-16(24(33)18-13-11-17(15-27)12-14-18)39(34,35)31-26-30-29-25(19-7-5-10-22(28-19)38-4)32(26)23-20(36-2)8-6-9-21(23)37-3/h5-14,16,24,33H,1-4H3,(H,30,31)/t16-,24+/m1/s1. The second-order valence-electron chi connectivity index (χ2n) is 8.29. The summed E-state index contributed by atoms with van der Waals surface area (Å²) in [6, 6.07) is 18.1. The maximum absolute atomic E-state index is 13.5. The van der Waals surface area contributed by atoms with E-state index < -0.39 is 21.4 Å². The second kappa shape index (κ2) is 11.4. The first-order chi connectivity index (χ1) is 18.7. The van der Waals surface area contributed by atoms with Crippen molar-refractivity contribution < 1.29 is 27.7 Å². The van der Waals surface area contributed by atoms with Crippen LogP contribution in [0.2, 0.25) is 0 Å². The van der Waals surface area contributed by atoms with Crippen molar-refractivity contribution >= 4 is 16.0 Å². The molecule has 0 saturated heterocycles. The number of rotatable bonds is 10. The highest BCUT2D eigenvalue weighted by Crippen LogP contribution is 2.38. The van der Waals surface area contributed by atoms with E-state index in [2.05, 4.69) is 19.9 Å². The van der Waals surface area contributed by atoms with Crippen LogP contribution >= 0.6 is 0 Å². The Bertz CT molecular complexity index is 1590. The summed E-state index contributed by atoms with van der Waals surface area (Å²) in [5.41, 5.74) is 1.38. The quantitative estimate of drug-likeness (QED) is 0.300. The van der Waals surface area contributed by atoms with E-state index in [1.54, 1.807) is 36.4 Å². The largest absolute Gasteiger partial charge is 0.494 e. The Labute approximate surface area is 225 Å². The molecule has 0 aliphatic heterocycles. The fourth-order valence-electron chi connectivity index (χ4n) is 3.85. The molecule has 4 rings (SSSR count). The van der Waals surface area contributed by atoms with Gasteiger partial charge < -0.3 is 19.3 Å². The summed E-state index contributed by atoms with van der Waals surface area (Å²) < 4.78 is 47.2. The number of nitriles is 1. The topological polar surface area (TPSA) is 161 Å². The molecule has 202 valence electrons. The molecule has 0 aliphatic rings. The summed E-state index contributed by atoms with van der Waals surface area (Å²) in [7, 11) is 0.158. The summed E-state index contributed by atoms with van der Waals surface area (Å²) in [6.07, 6.45) is -1.40. The molecule has 0 saturated carbocycles. The molecule has 2 atom stereocenters. The summed E-state index contributed by atoms with van der Waals surface area (Å²) in [5, 5.41) is 26.9. The average molecular weight is 551 g/mol. The van der Waals surface area contributed by atoms with Gasteiger partial charge in [-0.3, -0.25) is 9.29 Å². The second-order valence-corrected chi connectivity index (χ2v) is 10.3. The van der Waals surface area contributed by atoms with Gasteiger partial charge >= 0.3 is 0 Å². The van der Waals surface area contributed by atoms with Crippen LogP contribution in [0.15, 0.2) is 60.7 Å². The van der Waals surface area contributed by atoms with Crippen LogP contribution in [0.5, 0.6) is 17.4 Å². The molecule has 0 fully saturated rings. The minimum Gasteiger partial charge on any atom is -0.494 e. The van der Waals surface area contributed by atoms with Crippen molar-refractivity contribution in [2.24, 2.45) is 0 Å². The van der Waals surface area contributed by atoms with E-state index in [1.807, 2.05) is 6.07 Å². The fourth-order valence-corrected chi connectivity index (χ4v) is 4.92. The minimum absolute atomic E-state index is 0.176. The first-order valence-electron chi connectivity index (χ1n) is 11.6. The van der Waals surface area contributed by atoms with Crippen LogP contribution in [0.25, 0.3) is 17.2 Å². The third kappa shape index (κ3) is 5.47. The van der Waals surface area contributed by atoms with Gasteiger partial charge in [-0.25, -0.2) is 13.4 Å². The number of nitrogens with zero attached hydrogens (tertiary/aromatic N) is 5. The molecule has 0 spiro atoms. The van der Waals surface area contributed by atoms with E-state index >= 15 is 0 Å². The Morgan fingerprint density at radius 1 is 0.949 bits per heavy atom. The van der Waals surface area contributed by atoms with E-state index in [9.17, 15) is 13.5 Å². The van der Waals surface area contributed by atoms with E-state index in [0.717, 1.165) is 0 Å². The molecule has 0 bridgehead atoms. The zero-order chi connectivity index (χ0) is 28.2. The summed E-state index contributed by atoms with van der Waals surface area (Å²) >= 11 is 0. The van der Waals surface area contributed by atoms with Crippen molar-refractivity contribution in [3.63, 3.8) is 0 Å². The number of hydrogen-bond acceptors (Lipinski definition) is 10. The predicted octanol–water partition coefficient (Wildman–Crippen LogP) is 3.09. The average Bonchev–Trinajstić information content (AvgIpc) is 3.37. The van der Waals surface area contributed by atoms with Crippen LogP contribution in [0, 0.1) is 11.3 Å². The lowest BCUT2D eigenvalue weighted by molar-refractivity contribution is 0.176. The lowest BCUT2D eigenvalue weighted by Crippen LogP contribution is -2.32. The fraction of sp³-hybridized carbons (Fsp3) is 0.231. The van der Waals surface area contributed by atoms with Gasteiger partial charge in [0.15, 0.2) is 5.82 Å². The minimum atomic E-state index is -4.24. The number of ether oxygens (including phenoxy) is 3. The van der Waals surface area contributed by atoms with Gasteiger partial charge in [0.2, 0.25) is 21.9 Å².